The molecular weight excluding hydrogens is 352 g/mol. The molecule has 0 radical (unpaired) electrons. The van der Waals surface area contributed by atoms with Gasteiger partial charge < -0.3 is 4.74 Å². The highest BCUT2D eigenvalue weighted by Crippen LogP contribution is 2.20. The third-order valence-electron chi connectivity index (χ3n) is 3.51. The van der Waals surface area contributed by atoms with Crippen molar-refractivity contribution in [3.05, 3.63) is 59.7 Å². The van der Waals surface area contributed by atoms with Crippen LogP contribution in [0.1, 0.15) is 24.2 Å². The smallest absolute Gasteiger partial charge is 0.343 e. The number of hydrogen-bond donors (Lipinski definition) is 0. The first-order valence-electron chi connectivity index (χ1n) is 7.57. The second-order valence-electron chi connectivity index (χ2n) is 5.08. The molecule has 2 aromatic rings. The minimum atomic E-state index is -3.73. The summed E-state index contributed by atoms with van der Waals surface area (Å²) in [5.74, 6) is -3.27. The molecule has 134 valence electrons. The summed E-state index contributed by atoms with van der Waals surface area (Å²) in [6.45, 7) is 4.01. The second kappa shape index (κ2) is 7.71. The number of carbonyl (C=O) groups excluding carboxylic acids is 1. The number of nitrogens with zero attached hydrogens (tertiary/aromatic N) is 1. The van der Waals surface area contributed by atoms with Crippen LogP contribution >= 0.6 is 0 Å². The van der Waals surface area contributed by atoms with E-state index >= 15 is 0 Å². The first kappa shape index (κ1) is 19.0. The van der Waals surface area contributed by atoms with Crippen LogP contribution in [0, 0.1) is 11.6 Å². The largest absolute Gasteiger partial charge is 0.423 e. The molecule has 0 atom stereocenters. The van der Waals surface area contributed by atoms with E-state index in [1.54, 1.807) is 13.8 Å². The van der Waals surface area contributed by atoms with Gasteiger partial charge in [-0.15, -0.1) is 0 Å². The third-order valence-corrected chi connectivity index (χ3v) is 5.56. The molecule has 0 aliphatic heterocycles. The van der Waals surface area contributed by atoms with Crippen molar-refractivity contribution < 1.29 is 26.7 Å². The molecule has 8 heteroatoms. The van der Waals surface area contributed by atoms with Crippen LogP contribution in [0.25, 0.3) is 0 Å². The maximum Gasteiger partial charge on any atom is 0.343 e. The van der Waals surface area contributed by atoms with Gasteiger partial charge in [0.1, 0.15) is 5.75 Å². The van der Waals surface area contributed by atoms with Crippen molar-refractivity contribution in [2.24, 2.45) is 0 Å². The minimum Gasteiger partial charge on any atom is -0.423 e. The number of rotatable bonds is 6. The summed E-state index contributed by atoms with van der Waals surface area (Å²) in [7, 11) is -3.73. The summed E-state index contributed by atoms with van der Waals surface area (Å²) in [4.78, 5) is 12.1. The molecule has 0 bridgehead atoms. The highest BCUT2D eigenvalue weighted by molar-refractivity contribution is 7.89. The molecule has 0 unspecified atom stereocenters. The fraction of sp³-hybridized carbons (Fsp3) is 0.235. The van der Waals surface area contributed by atoms with E-state index in [2.05, 4.69) is 0 Å². The number of carbonyl (C=O) groups is 1. The van der Waals surface area contributed by atoms with Crippen molar-refractivity contribution in [2.45, 2.75) is 18.7 Å². The Labute approximate surface area is 144 Å². The quantitative estimate of drug-likeness (QED) is 0.579. The van der Waals surface area contributed by atoms with Crippen LogP contribution in [0.2, 0.25) is 0 Å². The fourth-order valence-electron chi connectivity index (χ4n) is 2.20. The molecular formula is C17H17F2NO4S. The molecule has 25 heavy (non-hydrogen) atoms. The topological polar surface area (TPSA) is 63.7 Å². The van der Waals surface area contributed by atoms with Gasteiger partial charge in [-0.2, -0.15) is 4.31 Å². The van der Waals surface area contributed by atoms with Gasteiger partial charge in [-0.3, -0.25) is 0 Å². The van der Waals surface area contributed by atoms with Gasteiger partial charge in [-0.05, 0) is 30.3 Å². The summed E-state index contributed by atoms with van der Waals surface area (Å²) < 4.78 is 57.3. The van der Waals surface area contributed by atoms with Gasteiger partial charge in [0.05, 0.1) is 10.5 Å². The molecule has 0 amide bonds. The molecule has 2 aromatic carbocycles. The highest BCUT2D eigenvalue weighted by Gasteiger charge is 2.23. The second-order valence-corrected chi connectivity index (χ2v) is 7.02. The van der Waals surface area contributed by atoms with Crippen molar-refractivity contribution in [3.63, 3.8) is 0 Å². The average Bonchev–Trinajstić information content (AvgIpc) is 2.59. The predicted octanol–water partition coefficient (Wildman–Crippen LogP) is 3.21. The lowest BCUT2D eigenvalue weighted by Crippen LogP contribution is -2.30. The van der Waals surface area contributed by atoms with E-state index in [9.17, 15) is 22.0 Å². The Morgan fingerprint density at radius 2 is 1.72 bits per heavy atom. The zero-order valence-corrected chi connectivity index (χ0v) is 14.5. The lowest BCUT2D eigenvalue weighted by molar-refractivity contribution is 0.0734. The summed E-state index contributed by atoms with van der Waals surface area (Å²) >= 11 is 0. The predicted molar refractivity (Wildman–Crippen MR) is 87.9 cm³/mol. The number of hydrogen-bond acceptors (Lipinski definition) is 4. The van der Waals surface area contributed by atoms with Gasteiger partial charge >= 0.3 is 5.97 Å². The molecule has 0 saturated heterocycles. The van der Waals surface area contributed by atoms with E-state index < -0.39 is 27.6 Å². The van der Waals surface area contributed by atoms with Gasteiger partial charge in [0.2, 0.25) is 10.0 Å². The number of ether oxygens (including phenoxy) is 1. The zero-order chi connectivity index (χ0) is 18.6. The minimum absolute atomic E-state index is 0.0158. The fourth-order valence-corrected chi connectivity index (χ4v) is 3.71. The molecule has 0 aliphatic rings. The zero-order valence-electron chi connectivity index (χ0n) is 13.7. The van der Waals surface area contributed by atoms with Gasteiger partial charge in [0, 0.05) is 19.2 Å². The number of esters is 1. The molecule has 0 aromatic heterocycles. The first-order chi connectivity index (χ1) is 11.8. The Morgan fingerprint density at radius 1 is 1.04 bits per heavy atom. The summed E-state index contributed by atoms with van der Waals surface area (Å²) in [6.07, 6.45) is 0. The Morgan fingerprint density at radius 3 is 2.32 bits per heavy atom. The van der Waals surface area contributed by atoms with Crippen LogP contribution in [-0.4, -0.2) is 31.8 Å². The maximum atomic E-state index is 13.2. The average molecular weight is 369 g/mol. The summed E-state index contributed by atoms with van der Waals surface area (Å²) in [5.41, 5.74) is -0.0158. The Balaban J connectivity index is 2.28. The van der Waals surface area contributed by atoms with Crippen molar-refractivity contribution >= 4 is 16.0 Å². The standard InChI is InChI=1S/C17H17F2NO4S/c1-3-20(4-2)25(22,23)14-7-5-6-12(10-14)17(21)24-13-8-9-15(18)16(19)11-13/h5-11H,3-4H2,1-2H3. The summed E-state index contributed by atoms with van der Waals surface area (Å²) in [6, 6.07) is 8.04. The maximum absolute atomic E-state index is 13.2. The number of benzene rings is 2. The Bertz CT molecular complexity index is 880. The van der Waals surface area contributed by atoms with Crippen LogP contribution in [0.5, 0.6) is 5.75 Å². The molecule has 5 nitrogen and oxygen atoms in total. The third kappa shape index (κ3) is 4.21. The highest BCUT2D eigenvalue weighted by atomic mass is 32.2. The van der Waals surface area contributed by atoms with Crippen LogP contribution in [0.4, 0.5) is 8.78 Å². The van der Waals surface area contributed by atoms with E-state index in [1.807, 2.05) is 0 Å². The molecule has 0 saturated carbocycles. The number of sulfonamides is 1. The van der Waals surface area contributed by atoms with Gasteiger partial charge in [0.15, 0.2) is 11.6 Å². The van der Waals surface area contributed by atoms with E-state index in [4.69, 9.17) is 4.74 Å². The van der Waals surface area contributed by atoms with Gasteiger partial charge in [-0.25, -0.2) is 22.0 Å². The van der Waals surface area contributed by atoms with E-state index in [1.165, 1.54) is 28.6 Å². The van der Waals surface area contributed by atoms with Crippen LogP contribution < -0.4 is 4.74 Å². The first-order valence-corrected chi connectivity index (χ1v) is 9.01. The molecule has 0 N–H and O–H groups in total. The monoisotopic (exact) mass is 369 g/mol. The summed E-state index contributed by atoms with van der Waals surface area (Å²) in [5, 5.41) is 0. The lowest BCUT2D eigenvalue weighted by Gasteiger charge is -2.18. The molecule has 0 fully saturated rings. The lowest BCUT2D eigenvalue weighted by atomic mass is 10.2. The van der Waals surface area contributed by atoms with E-state index in [0.717, 1.165) is 18.2 Å². The van der Waals surface area contributed by atoms with Crippen molar-refractivity contribution in [2.75, 3.05) is 13.1 Å². The molecule has 0 aliphatic carbocycles. The molecule has 0 heterocycles. The van der Waals surface area contributed by atoms with Crippen molar-refractivity contribution in [1.82, 2.24) is 4.31 Å². The van der Waals surface area contributed by atoms with Crippen LogP contribution in [0.3, 0.4) is 0 Å². The van der Waals surface area contributed by atoms with Gasteiger partial charge in [-0.1, -0.05) is 19.9 Å². The van der Waals surface area contributed by atoms with Crippen LogP contribution in [0.15, 0.2) is 47.4 Å². The molecule has 2 rings (SSSR count). The molecule has 0 spiro atoms. The number of halogens is 2. The Hall–Kier alpha value is -2.32. The van der Waals surface area contributed by atoms with E-state index in [0.29, 0.717) is 13.1 Å². The van der Waals surface area contributed by atoms with E-state index in [-0.39, 0.29) is 16.2 Å². The SMILES string of the molecule is CCN(CC)S(=O)(=O)c1cccc(C(=O)Oc2ccc(F)c(F)c2)c1. The van der Waals surface area contributed by atoms with Crippen molar-refractivity contribution in [3.8, 4) is 5.75 Å². The Kier molecular flexibility index (Phi) is 5.86. The van der Waals surface area contributed by atoms with Crippen molar-refractivity contribution in [1.29, 1.82) is 0 Å². The van der Waals surface area contributed by atoms with Crippen LogP contribution in [-0.2, 0) is 10.0 Å². The normalized spacial score (nSPS) is 11.6. The van der Waals surface area contributed by atoms with Gasteiger partial charge in [0.25, 0.3) is 0 Å².